The molecule has 0 amide bonds. The van der Waals surface area contributed by atoms with Crippen LogP contribution in [0.1, 0.15) is 0 Å². The van der Waals surface area contributed by atoms with Crippen LogP contribution in [0.5, 0.6) is 0 Å². The van der Waals surface area contributed by atoms with Gasteiger partial charge in [0.05, 0.1) is 27.8 Å². The highest BCUT2D eigenvalue weighted by Crippen LogP contribution is 2.45. The van der Waals surface area contributed by atoms with Crippen molar-refractivity contribution in [1.82, 2.24) is 9.13 Å². The molecule has 0 aliphatic heterocycles. The molecule has 0 atom stereocenters. The second kappa shape index (κ2) is 11.8. The van der Waals surface area contributed by atoms with Gasteiger partial charge in [0.2, 0.25) is 0 Å². The molecule has 2 nitrogen and oxygen atoms in total. The average molecular weight is 717 g/mol. The quantitative estimate of drug-likeness (QED) is 0.172. The number of benzene rings is 9. The van der Waals surface area contributed by atoms with Gasteiger partial charge in [0.25, 0.3) is 0 Å². The van der Waals surface area contributed by atoms with Gasteiger partial charge in [0.15, 0.2) is 0 Å². The Bertz CT molecular complexity index is 3470. The smallest absolute Gasteiger partial charge is 0.0556 e. The van der Waals surface area contributed by atoms with Crippen LogP contribution in [0.15, 0.2) is 194 Å². The molecule has 0 N–H and O–H groups in total. The summed E-state index contributed by atoms with van der Waals surface area (Å²) in [5.41, 5.74) is 12.1. The molecule has 0 saturated heterocycles. The summed E-state index contributed by atoms with van der Waals surface area (Å²) >= 11 is 1.91. The van der Waals surface area contributed by atoms with Gasteiger partial charge in [-0.1, -0.05) is 133 Å². The van der Waals surface area contributed by atoms with Crippen LogP contribution in [0, 0.1) is 0 Å². The van der Waals surface area contributed by atoms with Crippen molar-refractivity contribution in [3.8, 4) is 33.6 Å². The zero-order chi connectivity index (χ0) is 36.0. The second-order valence-corrected chi connectivity index (χ2v) is 15.5. The first kappa shape index (κ1) is 30.5. The highest BCUT2D eigenvalue weighted by atomic mass is 32.1. The van der Waals surface area contributed by atoms with E-state index in [1.807, 2.05) is 11.3 Å². The third kappa shape index (κ3) is 4.54. The maximum absolute atomic E-state index is 2.49. The van der Waals surface area contributed by atoms with Crippen LogP contribution in [0.2, 0.25) is 0 Å². The largest absolute Gasteiger partial charge is 0.309 e. The van der Waals surface area contributed by atoms with Crippen molar-refractivity contribution in [3.63, 3.8) is 0 Å². The zero-order valence-corrected chi connectivity index (χ0v) is 30.6. The van der Waals surface area contributed by atoms with Gasteiger partial charge >= 0.3 is 0 Å². The zero-order valence-electron chi connectivity index (χ0n) is 29.8. The molecular formula is C52H32N2S. The number of hydrogen-bond acceptors (Lipinski definition) is 1. The molecule has 0 spiro atoms. The Morgan fingerprint density at radius 1 is 0.327 bits per heavy atom. The molecule has 0 radical (unpaired) electrons. The van der Waals surface area contributed by atoms with E-state index in [1.165, 1.54) is 102 Å². The van der Waals surface area contributed by atoms with E-state index in [4.69, 9.17) is 0 Å². The van der Waals surface area contributed by atoms with Crippen LogP contribution in [-0.4, -0.2) is 9.13 Å². The molecule has 256 valence electrons. The van der Waals surface area contributed by atoms with Gasteiger partial charge in [-0.25, -0.2) is 0 Å². The Morgan fingerprint density at radius 3 is 1.76 bits per heavy atom. The predicted molar refractivity (Wildman–Crippen MR) is 236 cm³/mol. The number of rotatable bonds is 4. The van der Waals surface area contributed by atoms with Crippen LogP contribution in [0.25, 0.3) is 108 Å². The molecule has 0 bridgehead atoms. The lowest BCUT2D eigenvalue weighted by atomic mass is 10.00. The monoisotopic (exact) mass is 716 g/mol. The molecule has 0 saturated carbocycles. The summed E-state index contributed by atoms with van der Waals surface area (Å²) < 4.78 is 7.56. The minimum atomic E-state index is 1.16. The first-order valence-corrected chi connectivity index (χ1v) is 19.7. The lowest BCUT2D eigenvalue weighted by molar-refractivity contribution is 1.18. The predicted octanol–water partition coefficient (Wildman–Crippen LogP) is 14.7. The van der Waals surface area contributed by atoms with E-state index in [2.05, 4.69) is 203 Å². The standard InChI is InChI=1S/C52H32N2S/c1-2-11-33(12-3-1)34-21-25-38(26-22-34)53-46-18-8-6-16-40(46)43-31-36(23-28-47(43)53)37-24-29-48-44(32-37)51-49(30-27-42-41-17-7-9-20-50(41)55-52(42)51)54(48)45-19-10-14-35-13-4-5-15-39(35)45/h1-32H. The molecular weight excluding hydrogens is 685 g/mol. The third-order valence-electron chi connectivity index (χ3n) is 11.5. The summed E-state index contributed by atoms with van der Waals surface area (Å²) in [6.07, 6.45) is 0. The van der Waals surface area contributed by atoms with E-state index in [-0.39, 0.29) is 0 Å². The van der Waals surface area contributed by atoms with Gasteiger partial charge in [0.1, 0.15) is 0 Å². The lowest BCUT2D eigenvalue weighted by Gasteiger charge is -2.12. The first-order chi connectivity index (χ1) is 27.3. The lowest BCUT2D eigenvalue weighted by Crippen LogP contribution is -1.95. The summed E-state index contributed by atoms with van der Waals surface area (Å²) in [4.78, 5) is 0. The second-order valence-electron chi connectivity index (χ2n) is 14.5. The molecule has 3 aromatic heterocycles. The van der Waals surface area contributed by atoms with Crippen LogP contribution in [0.3, 0.4) is 0 Å². The van der Waals surface area contributed by atoms with Crippen molar-refractivity contribution in [3.05, 3.63) is 194 Å². The summed E-state index contributed by atoms with van der Waals surface area (Å²) in [6, 6.07) is 71.3. The van der Waals surface area contributed by atoms with E-state index in [9.17, 15) is 0 Å². The number of aromatic nitrogens is 2. The van der Waals surface area contributed by atoms with E-state index in [1.54, 1.807) is 0 Å². The molecule has 0 unspecified atom stereocenters. The summed E-state index contributed by atoms with van der Waals surface area (Å²) in [5, 5.41) is 10.2. The van der Waals surface area contributed by atoms with Gasteiger partial charge in [-0.3, -0.25) is 0 Å². The molecule has 12 aromatic rings. The van der Waals surface area contributed by atoms with E-state index in [0.29, 0.717) is 0 Å². The Kier molecular flexibility index (Phi) is 6.54. The molecule has 0 aliphatic carbocycles. The van der Waals surface area contributed by atoms with Crippen molar-refractivity contribution in [2.24, 2.45) is 0 Å². The minimum absolute atomic E-state index is 1.16. The molecule has 12 rings (SSSR count). The van der Waals surface area contributed by atoms with Gasteiger partial charge in [0, 0.05) is 52.8 Å². The number of nitrogens with zero attached hydrogens (tertiary/aromatic N) is 2. The summed E-state index contributed by atoms with van der Waals surface area (Å²) in [5.74, 6) is 0. The fourth-order valence-electron chi connectivity index (χ4n) is 8.99. The normalized spacial score (nSPS) is 12.0. The number of thiophene rings is 1. The highest BCUT2D eigenvalue weighted by Gasteiger charge is 2.20. The Hall–Kier alpha value is -6.94. The fourth-order valence-corrected chi connectivity index (χ4v) is 10.3. The van der Waals surface area contributed by atoms with E-state index >= 15 is 0 Å². The first-order valence-electron chi connectivity index (χ1n) is 18.8. The summed E-state index contributed by atoms with van der Waals surface area (Å²) in [6.45, 7) is 0. The average Bonchev–Trinajstić information content (AvgIpc) is 3.91. The molecule has 0 aliphatic rings. The Morgan fingerprint density at radius 2 is 0.927 bits per heavy atom. The topological polar surface area (TPSA) is 9.86 Å². The van der Waals surface area contributed by atoms with Crippen molar-refractivity contribution >= 4 is 85.9 Å². The minimum Gasteiger partial charge on any atom is -0.309 e. The maximum atomic E-state index is 2.49. The molecule has 55 heavy (non-hydrogen) atoms. The Balaban J connectivity index is 1.08. The molecule has 3 heteroatoms. The highest BCUT2D eigenvalue weighted by molar-refractivity contribution is 7.26. The van der Waals surface area contributed by atoms with Crippen LogP contribution in [-0.2, 0) is 0 Å². The fraction of sp³-hybridized carbons (Fsp3) is 0. The van der Waals surface area contributed by atoms with Crippen LogP contribution in [0.4, 0.5) is 0 Å². The number of para-hydroxylation sites is 1. The SMILES string of the molecule is c1ccc(-c2ccc(-n3c4ccccc4c4cc(-c5ccc6c(c5)c5c7sc8ccccc8c7ccc5n6-c5cccc6ccccc56)ccc43)cc2)cc1. The Labute approximate surface area is 321 Å². The van der Waals surface area contributed by atoms with Crippen LogP contribution >= 0.6 is 11.3 Å². The third-order valence-corrected chi connectivity index (χ3v) is 12.7. The molecule has 9 aromatic carbocycles. The maximum Gasteiger partial charge on any atom is 0.0556 e. The van der Waals surface area contributed by atoms with Crippen molar-refractivity contribution in [2.75, 3.05) is 0 Å². The van der Waals surface area contributed by atoms with Gasteiger partial charge < -0.3 is 9.13 Å². The summed E-state index contributed by atoms with van der Waals surface area (Å²) in [7, 11) is 0. The number of hydrogen-bond donors (Lipinski definition) is 0. The van der Waals surface area contributed by atoms with E-state index < -0.39 is 0 Å². The molecule has 0 fully saturated rings. The van der Waals surface area contributed by atoms with Gasteiger partial charge in [-0.2, -0.15) is 0 Å². The van der Waals surface area contributed by atoms with Crippen molar-refractivity contribution < 1.29 is 0 Å². The van der Waals surface area contributed by atoms with Crippen molar-refractivity contribution in [1.29, 1.82) is 0 Å². The van der Waals surface area contributed by atoms with E-state index in [0.717, 1.165) is 5.69 Å². The van der Waals surface area contributed by atoms with Gasteiger partial charge in [-0.15, -0.1) is 11.3 Å². The molecule has 3 heterocycles. The van der Waals surface area contributed by atoms with Gasteiger partial charge in [-0.05, 0) is 88.3 Å². The van der Waals surface area contributed by atoms with Crippen molar-refractivity contribution in [2.45, 2.75) is 0 Å². The van der Waals surface area contributed by atoms with Crippen LogP contribution < -0.4 is 0 Å². The number of fused-ring (bicyclic) bond motifs is 11.